The van der Waals surface area contributed by atoms with Gasteiger partial charge < -0.3 is 9.64 Å². The number of fused-ring (bicyclic) bond motifs is 3. The van der Waals surface area contributed by atoms with E-state index < -0.39 is 22.1 Å². The van der Waals surface area contributed by atoms with Crippen molar-refractivity contribution in [1.29, 1.82) is 5.26 Å². The van der Waals surface area contributed by atoms with Gasteiger partial charge in [-0.05, 0) is 38.0 Å². The van der Waals surface area contributed by atoms with Crippen molar-refractivity contribution in [2.75, 3.05) is 11.4 Å². The molecule has 2 aliphatic rings. The molecule has 2 aliphatic heterocycles. The third-order valence-corrected chi connectivity index (χ3v) is 5.38. The van der Waals surface area contributed by atoms with E-state index in [9.17, 15) is 13.2 Å². The van der Waals surface area contributed by atoms with Gasteiger partial charge in [0.1, 0.15) is 16.8 Å². The Morgan fingerprint density at radius 2 is 2.17 bits per heavy atom. The van der Waals surface area contributed by atoms with Crippen molar-refractivity contribution in [3.8, 4) is 6.07 Å². The number of hydrogen-bond acceptors (Lipinski definition) is 6. The molecule has 1 saturated heterocycles. The zero-order valence-corrected chi connectivity index (χ0v) is 14.0. The first-order chi connectivity index (χ1) is 11.4. The van der Waals surface area contributed by atoms with Crippen LogP contribution in [0.15, 0.2) is 27.5 Å². The molecule has 0 radical (unpaired) electrons. The maximum absolute atomic E-state index is 12.5. The lowest BCUT2D eigenvalue weighted by Crippen LogP contribution is -2.35. The van der Waals surface area contributed by atoms with Gasteiger partial charge in [0.15, 0.2) is 6.10 Å². The lowest BCUT2D eigenvalue weighted by Gasteiger charge is -2.29. The van der Waals surface area contributed by atoms with Crippen molar-refractivity contribution in [2.24, 2.45) is 4.40 Å². The molecule has 0 spiro atoms. The van der Waals surface area contributed by atoms with E-state index in [2.05, 4.69) is 4.40 Å². The number of esters is 1. The summed E-state index contributed by atoms with van der Waals surface area (Å²) in [6.45, 7) is 2.15. The Kier molecular flexibility index (Phi) is 4.28. The van der Waals surface area contributed by atoms with Gasteiger partial charge in [-0.1, -0.05) is 6.42 Å². The standard InChI is InChI=1S/C16H17N3O4S/c1-11(10-17)23-16(20)12-6-7-13-14(9-12)24(21,22)18-15-5-3-2-4-8-19(13)15/h6-7,9,11H,2-5,8H2,1H3/t11-/m1/s1. The maximum atomic E-state index is 12.5. The lowest BCUT2D eigenvalue weighted by molar-refractivity contribution is 0.0435. The van der Waals surface area contributed by atoms with Crippen LogP contribution < -0.4 is 4.90 Å². The molecule has 1 aromatic rings. The molecule has 1 atom stereocenters. The molecular weight excluding hydrogens is 330 g/mol. The number of nitriles is 1. The van der Waals surface area contributed by atoms with Gasteiger partial charge in [-0.15, -0.1) is 4.40 Å². The van der Waals surface area contributed by atoms with Gasteiger partial charge in [-0.2, -0.15) is 13.7 Å². The van der Waals surface area contributed by atoms with Crippen LogP contribution in [0.5, 0.6) is 0 Å². The van der Waals surface area contributed by atoms with Crippen LogP contribution in [0.25, 0.3) is 0 Å². The topological polar surface area (TPSA) is 99.8 Å². The molecule has 0 amide bonds. The maximum Gasteiger partial charge on any atom is 0.339 e. The highest BCUT2D eigenvalue weighted by Gasteiger charge is 2.32. The number of anilines is 1. The minimum absolute atomic E-state index is 0.00668. The van der Waals surface area contributed by atoms with Gasteiger partial charge in [0.2, 0.25) is 0 Å². The van der Waals surface area contributed by atoms with Crippen LogP contribution in [0, 0.1) is 11.3 Å². The van der Waals surface area contributed by atoms with Crippen LogP contribution in [0.2, 0.25) is 0 Å². The van der Waals surface area contributed by atoms with Crippen LogP contribution in [-0.4, -0.2) is 32.9 Å². The molecule has 7 nitrogen and oxygen atoms in total. The quantitative estimate of drug-likeness (QED) is 0.761. The van der Waals surface area contributed by atoms with Gasteiger partial charge >= 0.3 is 5.97 Å². The fourth-order valence-corrected chi connectivity index (χ4v) is 4.15. The van der Waals surface area contributed by atoms with Crippen LogP contribution >= 0.6 is 0 Å². The van der Waals surface area contributed by atoms with E-state index in [1.807, 2.05) is 4.90 Å². The van der Waals surface area contributed by atoms with E-state index in [1.54, 1.807) is 12.1 Å². The van der Waals surface area contributed by atoms with Crippen molar-refractivity contribution >= 4 is 27.5 Å². The Hall–Kier alpha value is -2.40. The van der Waals surface area contributed by atoms with Gasteiger partial charge in [-0.25, -0.2) is 4.79 Å². The minimum Gasteiger partial charge on any atom is -0.444 e. The fraction of sp³-hybridized carbons (Fsp3) is 0.438. The molecule has 0 N–H and O–H groups in total. The van der Waals surface area contributed by atoms with E-state index in [4.69, 9.17) is 10.00 Å². The third kappa shape index (κ3) is 2.99. The summed E-state index contributed by atoms with van der Waals surface area (Å²) < 4.78 is 33.8. The summed E-state index contributed by atoms with van der Waals surface area (Å²) >= 11 is 0. The fourth-order valence-electron chi connectivity index (χ4n) is 2.86. The molecule has 8 heteroatoms. The van der Waals surface area contributed by atoms with Crippen molar-refractivity contribution in [2.45, 2.75) is 43.6 Å². The number of carbonyl (C=O) groups is 1. The number of hydrogen-bond donors (Lipinski definition) is 0. The summed E-state index contributed by atoms with van der Waals surface area (Å²) in [6.07, 6.45) is 2.63. The Balaban J connectivity index is 2.02. The SMILES string of the molecule is C[C@H](C#N)OC(=O)c1ccc2c(c1)S(=O)(=O)N=C1CCCCCN12. The molecule has 0 saturated carbocycles. The summed E-state index contributed by atoms with van der Waals surface area (Å²) in [5.41, 5.74) is 0.639. The van der Waals surface area contributed by atoms with Crippen molar-refractivity contribution in [1.82, 2.24) is 0 Å². The summed E-state index contributed by atoms with van der Waals surface area (Å²) in [7, 11) is -3.85. The average Bonchev–Trinajstić information content (AvgIpc) is 2.79. The molecule has 2 heterocycles. The van der Waals surface area contributed by atoms with Crippen LogP contribution in [0.1, 0.15) is 43.0 Å². The molecule has 3 rings (SSSR count). The van der Waals surface area contributed by atoms with Crippen LogP contribution in [-0.2, 0) is 14.8 Å². The molecule has 0 aromatic heterocycles. The number of sulfonamides is 1. The second-order valence-electron chi connectivity index (χ2n) is 5.80. The normalized spacial score (nSPS) is 19.8. The number of ether oxygens (including phenoxy) is 1. The van der Waals surface area contributed by atoms with Crippen LogP contribution in [0.3, 0.4) is 0 Å². The molecule has 24 heavy (non-hydrogen) atoms. The number of rotatable bonds is 2. The molecule has 0 unspecified atom stereocenters. The van der Waals surface area contributed by atoms with Gasteiger partial charge in [0.25, 0.3) is 10.0 Å². The largest absolute Gasteiger partial charge is 0.444 e. The van der Waals surface area contributed by atoms with Crippen molar-refractivity contribution in [3.63, 3.8) is 0 Å². The predicted molar refractivity (Wildman–Crippen MR) is 87.4 cm³/mol. The molecule has 0 bridgehead atoms. The van der Waals surface area contributed by atoms with Crippen molar-refractivity contribution < 1.29 is 17.9 Å². The monoisotopic (exact) mass is 347 g/mol. The Morgan fingerprint density at radius 3 is 2.92 bits per heavy atom. The zero-order valence-electron chi connectivity index (χ0n) is 13.2. The Labute approximate surface area is 140 Å². The van der Waals surface area contributed by atoms with E-state index in [1.165, 1.54) is 19.1 Å². The first-order valence-corrected chi connectivity index (χ1v) is 9.22. The number of nitrogens with zero attached hydrogens (tertiary/aromatic N) is 3. The number of benzene rings is 1. The van der Waals surface area contributed by atoms with Crippen molar-refractivity contribution in [3.05, 3.63) is 23.8 Å². The summed E-state index contributed by atoms with van der Waals surface area (Å²) in [6, 6.07) is 6.21. The summed E-state index contributed by atoms with van der Waals surface area (Å²) in [4.78, 5) is 14.0. The van der Waals surface area contributed by atoms with E-state index in [-0.39, 0.29) is 10.5 Å². The van der Waals surface area contributed by atoms with Gasteiger partial charge in [0, 0.05) is 13.0 Å². The van der Waals surface area contributed by atoms with Gasteiger partial charge in [0.05, 0.1) is 11.3 Å². The molecule has 1 fully saturated rings. The zero-order chi connectivity index (χ0) is 17.3. The van der Waals surface area contributed by atoms with E-state index in [0.717, 1.165) is 19.3 Å². The van der Waals surface area contributed by atoms with E-state index in [0.29, 0.717) is 24.5 Å². The molecule has 0 aliphatic carbocycles. The Morgan fingerprint density at radius 1 is 1.38 bits per heavy atom. The second-order valence-corrected chi connectivity index (χ2v) is 7.38. The molecule has 1 aromatic carbocycles. The minimum atomic E-state index is -3.85. The first kappa shape index (κ1) is 16.5. The van der Waals surface area contributed by atoms with E-state index >= 15 is 0 Å². The molecular formula is C16H17N3O4S. The first-order valence-electron chi connectivity index (χ1n) is 7.78. The predicted octanol–water partition coefficient (Wildman–Crippen LogP) is 2.24. The highest BCUT2D eigenvalue weighted by atomic mass is 32.2. The second kappa shape index (κ2) is 6.24. The third-order valence-electron chi connectivity index (χ3n) is 4.05. The smallest absolute Gasteiger partial charge is 0.339 e. The highest BCUT2D eigenvalue weighted by molar-refractivity contribution is 7.90. The number of amidine groups is 1. The summed E-state index contributed by atoms with van der Waals surface area (Å²) in [5.74, 6) is -0.166. The lowest BCUT2D eigenvalue weighted by atomic mass is 10.2. The Bertz CT molecular complexity index is 855. The molecule has 126 valence electrons. The average molecular weight is 347 g/mol. The van der Waals surface area contributed by atoms with Crippen LogP contribution in [0.4, 0.5) is 5.69 Å². The summed E-state index contributed by atoms with van der Waals surface area (Å²) in [5, 5.41) is 8.71. The number of carbonyl (C=O) groups excluding carboxylic acids is 1. The highest BCUT2D eigenvalue weighted by Crippen LogP contribution is 2.35. The van der Waals surface area contributed by atoms with Gasteiger partial charge in [-0.3, -0.25) is 0 Å².